The zero-order valence-electron chi connectivity index (χ0n) is 29.4. The molecule has 0 amide bonds. The molecule has 0 radical (unpaired) electrons. The lowest BCUT2D eigenvalue weighted by Gasteiger charge is -2.20. The van der Waals surface area contributed by atoms with Gasteiger partial charge in [-0.1, -0.05) is 140 Å². The van der Waals surface area contributed by atoms with Gasteiger partial charge < -0.3 is 14.0 Å². The van der Waals surface area contributed by atoms with Gasteiger partial charge in [-0.25, -0.2) is 15.0 Å². The summed E-state index contributed by atoms with van der Waals surface area (Å²) in [5.41, 5.74) is 8.25. The molecule has 1 aliphatic rings. The standard InChI is InChI=1S/C49H30N4O2/c1-3-12-34(13-4-1)47-50-48(35-14-5-2-6-15-35)52-49(51-47)36-21-19-31(20-22-36)32-23-26-37(27-24-32)53-40-28-25-33-11-7-8-16-38(33)46(40)39-29-44-45(30-41(39)53)55-43-18-10-9-17-42(43)54-44/h1-30H. The van der Waals surface area contributed by atoms with Crippen LogP contribution in [0.1, 0.15) is 0 Å². The van der Waals surface area contributed by atoms with Gasteiger partial charge in [0.15, 0.2) is 40.5 Å². The van der Waals surface area contributed by atoms with Gasteiger partial charge in [0, 0.05) is 39.2 Å². The Bertz CT molecular complexity index is 3010. The molecule has 0 fully saturated rings. The summed E-state index contributed by atoms with van der Waals surface area (Å²) in [5, 5.41) is 4.68. The van der Waals surface area contributed by atoms with Gasteiger partial charge in [-0.15, -0.1) is 0 Å². The Morgan fingerprint density at radius 2 is 0.836 bits per heavy atom. The third-order valence-corrected chi connectivity index (χ3v) is 10.3. The summed E-state index contributed by atoms with van der Waals surface area (Å²) in [6.45, 7) is 0. The zero-order valence-corrected chi connectivity index (χ0v) is 29.4. The molecular weight excluding hydrogens is 677 g/mol. The van der Waals surface area contributed by atoms with Crippen molar-refractivity contribution < 1.29 is 9.47 Å². The second-order valence-corrected chi connectivity index (χ2v) is 13.6. The summed E-state index contributed by atoms with van der Waals surface area (Å²) in [4.78, 5) is 14.7. The quantitative estimate of drug-likeness (QED) is 0.178. The third kappa shape index (κ3) is 5.31. The number of nitrogens with zero attached hydrogens (tertiary/aromatic N) is 4. The van der Waals surface area contributed by atoms with Gasteiger partial charge in [0.1, 0.15) is 0 Å². The lowest BCUT2D eigenvalue weighted by Crippen LogP contribution is -2.00. The molecule has 6 nitrogen and oxygen atoms in total. The number of ether oxygens (including phenoxy) is 2. The maximum absolute atomic E-state index is 6.39. The van der Waals surface area contributed by atoms with Crippen molar-refractivity contribution in [2.75, 3.05) is 0 Å². The van der Waals surface area contributed by atoms with Crippen LogP contribution in [0.25, 0.3) is 83.6 Å². The van der Waals surface area contributed by atoms with E-state index >= 15 is 0 Å². The second kappa shape index (κ2) is 12.5. The Hall–Kier alpha value is -7.57. The smallest absolute Gasteiger partial charge is 0.172 e. The van der Waals surface area contributed by atoms with Crippen molar-refractivity contribution in [1.82, 2.24) is 19.5 Å². The van der Waals surface area contributed by atoms with Crippen molar-refractivity contribution in [2.24, 2.45) is 0 Å². The van der Waals surface area contributed by atoms with Crippen molar-refractivity contribution in [3.63, 3.8) is 0 Å². The number of rotatable bonds is 5. The highest BCUT2D eigenvalue weighted by molar-refractivity contribution is 6.21. The van der Waals surface area contributed by atoms with Crippen molar-refractivity contribution in [2.45, 2.75) is 0 Å². The Morgan fingerprint density at radius 3 is 1.45 bits per heavy atom. The predicted molar refractivity (Wildman–Crippen MR) is 220 cm³/mol. The molecule has 0 bridgehead atoms. The fourth-order valence-electron chi connectivity index (χ4n) is 7.64. The van der Waals surface area contributed by atoms with E-state index in [1.54, 1.807) is 0 Å². The fourth-order valence-corrected chi connectivity index (χ4v) is 7.64. The lowest BCUT2D eigenvalue weighted by atomic mass is 10.0. The molecule has 8 aromatic carbocycles. The van der Waals surface area contributed by atoms with Crippen molar-refractivity contribution in [3.8, 4) is 74.0 Å². The third-order valence-electron chi connectivity index (χ3n) is 10.3. The number of aromatic nitrogens is 4. The molecule has 55 heavy (non-hydrogen) atoms. The molecule has 0 aliphatic carbocycles. The molecule has 0 saturated carbocycles. The van der Waals surface area contributed by atoms with E-state index < -0.39 is 0 Å². The van der Waals surface area contributed by atoms with Crippen LogP contribution in [-0.2, 0) is 0 Å². The predicted octanol–water partition coefficient (Wildman–Crippen LogP) is 12.7. The molecule has 0 saturated heterocycles. The Morgan fingerprint density at radius 1 is 0.345 bits per heavy atom. The summed E-state index contributed by atoms with van der Waals surface area (Å²) in [6, 6.07) is 62.3. The van der Waals surface area contributed by atoms with E-state index in [1.165, 1.54) is 16.2 Å². The molecule has 258 valence electrons. The maximum atomic E-state index is 6.39. The van der Waals surface area contributed by atoms with Gasteiger partial charge in [0.2, 0.25) is 0 Å². The first-order valence-corrected chi connectivity index (χ1v) is 18.3. The van der Waals surface area contributed by atoms with Crippen LogP contribution >= 0.6 is 0 Å². The number of para-hydroxylation sites is 2. The molecule has 3 heterocycles. The molecule has 1 aliphatic heterocycles. The van der Waals surface area contributed by atoms with Crippen LogP contribution in [0.15, 0.2) is 182 Å². The van der Waals surface area contributed by atoms with Gasteiger partial charge in [0.05, 0.1) is 11.0 Å². The number of hydrogen-bond donors (Lipinski definition) is 0. The van der Waals surface area contributed by atoms with E-state index in [4.69, 9.17) is 24.4 Å². The van der Waals surface area contributed by atoms with Gasteiger partial charge in [-0.05, 0) is 58.3 Å². The number of benzene rings is 8. The van der Waals surface area contributed by atoms with E-state index in [1.807, 2.05) is 84.9 Å². The minimum Gasteiger partial charge on any atom is -0.449 e. The van der Waals surface area contributed by atoms with Crippen molar-refractivity contribution >= 4 is 32.6 Å². The lowest BCUT2D eigenvalue weighted by molar-refractivity contribution is 0.360. The maximum Gasteiger partial charge on any atom is 0.172 e. The minimum absolute atomic E-state index is 0.633. The molecular formula is C49H30N4O2. The van der Waals surface area contributed by atoms with Gasteiger partial charge in [-0.2, -0.15) is 0 Å². The molecule has 6 heteroatoms. The van der Waals surface area contributed by atoms with Gasteiger partial charge >= 0.3 is 0 Å². The van der Waals surface area contributed by atoms with Gasteiger partial charge in [-0.3, -0.25) is 0 Å². The first-order chi connectivity index (χ1) is 27.2. The average molecular weight is 707 g/mol. The second-order valence-electron chi connectivity index (χ2n) is 13.6. The fraction of sp³-hybridized carbons (Fsp3) is 0. The topological polar surface area (TPSA) is 62.1 Å². The van der Waals surface area contributed by atoms with Crippen LogP contribution in [-0.4, -0.2) is 19.5 Å². The van der Waals surface area contributed by atoms with E-state index in [0.29, 0.717) is 40.5 Å². The molecule has 0 N–H and O–H groups in total. The van der Waals surface area contributed by atoms with Crippen molar-refractivity contribution in [1.29, 1.82) is 0 Å². The number of fused-ring (bicyclic) bond motifs is 7. The molecule has 11 rings (SSSR count). The van der Waals surface area contributed by atoms with E-state index in [-0.39, 0.29) is 0 Å². The monoisotopic (exact) mass is 706 g/mol. The normalized spacial score (nSPS) is 11.9. The Kier molecular flexibility index (Phi) is 7.07. The van der Waals surface area contributed by atoms with Crippen LogP contribution in [0.2, 0.25) is 0 Å². The highest BCUT2D eigenvalue weighted by atomic mass is 16.6. The molecule has 2 aromatic heterocycles. The highest BCUT2D eigenvalue weighted by Crippen LogP contribution is 2.49. The van der Waals surface area contributed by atoms with E-state index in [2.05, 4.69) is 102 Å². The summed E-state index contributed by atoms with van der Waals surface area (Å²) in [5.74, 6) is 4.75. The highest BCUT2D eigenvalue weighted by Gasteiger charge is 2.23. The first-order valence-electron chi connectivity index (χ1n) is 18.3. The van der Waals surface area contributed by atoms with E-state index in [0.717, 1.165) is 49.9 Å². The SMILES string of the molecule is c1ccc(-c2nc(-c3ccccc3)nc(-c3ccc(-c4ccc(-n5c6cc7c(cc6c6c8ccccc8ccc65)Oc5ccccc5O7)cc4)cc3)n2)cc1. The summed E-state index contributed by atoms with van der Waals surface area (Å²) in [6.07, 6.45) is 0. The largest absolute Gasteiger partial charge is 0.449 e. The molecule has 0 atom stereocenters. The molecule has 10 aromatic rings. The summed E-state index contributed by atoms with van der Waals surface area (Å²) in [7, 11) is 0. The molecule has 0 unspecified atom stereocenters. The van der Waals surface area contributed by atoms with Crippen LogP contribution in [0, 0.1) is 0 Å². The average Bonchev–Trinajstić information content (AvgIpc) is 3.58. The number of hydrogen-bond acceptors (Lipinski definition) is 5. The first kappa shape index (κ1) is 31.0. The van der Waals surface area contributed by atoms with Crippen LogP contribution in [0.3, 0.4) is 0 Å². The summed E-state index contributed by atoms with van der Waals surface area (Å²) >= 11 is 0. The van der Waals surface area contributed by atoms with Crippen LogP contribution in [0.4, 0.5) is 0 Å². The Balaban J connectivity index is 0.980. The summed E-state index contributed by atoms with van der Waals surface area (Å²) < 4.78 is 15.1. The zero-order chi connectivity index (χ0) is 36.3. The van der Waals surface area contributed by atoms with Crippen molar-refractivity contribution in [3.05, 3.63) is 182 Å². The molecule has 0 spiro atoms. The van der Waals surface area contributed by atoms with E-state index in [9.17, 15) is 0 Å². The van der Waals surface area contributed by atoms with Gasteiger partial charge in [0.25, 0.3) is 0 Å². The minimum atomic E-state index is 0.633. The van der Waals surface area contributed by atoms with Crippen LogP contribution in [0.5, 0.6) is 23.0 Å². The van der Waals surface area contributed by atoms with Crippen LogP contribution < -0.4 is 9.47 Å². The Labute approximate surface area is 316 Å².